The molecular weight excluding hydrogens is 210 g/mol. The SMILES string of the molecule is CC.Cc1cnc2cc(C3(C)CC3)n(C)c2n1. The van der Waals surface area contributed by atoms with E-state index in [1.54, 1.807) is 0 Å². The van der Waals surface area contributed by atoms with Gasteiger partial charge in [-0.3, -0.25) is 4.98 Å². The first-order valence-electron chi connectivity index (χ1n) is 6.40. The minimum absolute atomic E-state index is 0.380. The maximum absolute atomic E-state index is 4.54. The molecule has 3 nitrogen and oxygen atoms in total. The third-order valence-electron chi connectivity index (χ3n) is 3.47. The summed E-state index contributed by atoms with van der Waals surface area (Å²) in [5, 5.41) is 0. The fourth-order valence-corrected chi connectivity index (χ4v) is 2.19. The molecule has 0 spiro atoms. The van der Waals surface area contributed by atoms with Crippen molar-refractivity contribution in [2.24, 2.45) is 7.05 Å². The second-order valence-corrected chi connectivity index (χ2v) is 4.87. The van der Waals surface area contributed by atoms with Gasteiger partial charge in [-0.25, -0.2) is 4.98 Å². The molecule has 0 bridgehead atoms. The highest BCUT2D eigenvalue weighted by atomic mass is 15.1. The summed E-state index contributed by atoms with van der Waals surface area (Å²) in [7, 11) is 2.09. The number of fused-ring (bicyclic) bond motifs is 1. The highest BCUT2D eigenvalue weighted by Gasteiger charge is 2.41. The summed E-state index contributed by atoms with van der Waals surface area (Å²) >= 11 is 0. The molecule has 0 unspecified atom stereocenters. The van der Waals surface area contributed by atoms with Crippen molar-refractivity contribution in [2.45, 2.75) is 46.0 Å². The Morgan fingerprint density at radius 3 is 2.53 bits per heavy atom. The first-order chi connectivity index (χ1) is 8.10. The topological polar surface area (TPSA) is 30.7 Å². The first kappa shape index (κ1) is 12.1. The van der Waals surface area contributed by atoms with Gasteiger partial charge >= 0.3 is 0 Å². The summed E-state index contributed by atoms with van der Waals surface area (Å²) in [4.78, 5) is 8.96. The van der Waals surface area contributed by atoms with Crippen molar-refractivity contribution in [1.29, 1.82) is 0 Å². The van der Waals surface area contributed by atoms with Crippen LogP contribution in [0, 0.1) is 6.92 Å². The average Bonchev–Trinajstić information content (AvgIpc) is 2.99. The van der Waals surface area contributed by atoms with Gasteiger partial charge in [0.1, 0.15) is 5.52 Å². The van der Waals surface area contributed by atoms with Crippen LogP contribution in [-0.2, 0) is 12.5 Å². The summed E-state index contributed by atoms with van der Waals surface area (Å²) in [5.41, 5.74) is 4.77. The van der Waals surface area contributed by atoms with E-state index in [-0.39, 0.29) is 0 Å². The lowest BCUT2D eigenvalue weighted by atomic mass is 10.1. The van der Waals surface area contributed by atoms with Gasteiger partial charge in [-0.05, 0) is 25.8 Å². The first-order valence-corrected chi connectivity index (χ1v) is 6.40. The molecule has 0 saturated heterocycles. The molecule has 17 heavy (non-hydrogen) atoms. The van der Waals surface area contributed by atoms with Crippen LogP contribution in [0.3, 0.4) is 0 Å². The zero-order valence-corrected chi connectivity index (χ0v) is 11.4. The molecular formula is C14H21N3. The Morgan fingerprint density at radius 2 is 1.94 bits per heavy atom. The van der Waals surface area contributed by atoms with Crippen LogP contribution in [0.4, 0.5) is 0 Å². The Kier molecular flexibility index (Phi) is 2.94. The molecule has 0 radical (unpaired) electrons. The summed E-state index contributed by atoms with van der Waals surface area (Å²) in [6.07, 6.45) is 4.41. The molecule has 0 aromatic carbocycles. The molecule has 0 amide bonds. The van der Waals surface area contributed by atoms with Gasteiger partial charge in [-0.15, -0.1) is 0 Å². The van der Waals surface area contributed by atoms with Crippen LogP contribution in [0.25, 0.3) is 11.2 Å². The van der Waals surface area contributed by atoms with Gasteiger partial charge in [0.15, 0.2) is 5.65 Å². The van der Waals surface area contributed by atoms with E-state index in [9.17, 15) is 0 Å². The minimum atomic E-state index is 0.380. The van der Waals surface area contributed by atoms with Crippen molar-refractivity contribution in [2.75, 3.05) is 0 Å². The van der Waals surface area contributed by atoms with E-state index in [1.807, 2.05) is 27.0 Å². The Morgan fingerprint density at radius 1 is 1.29 bits per heavy atom. The van der Waals surface area contributed by atoms with Gasteiger partial charge in [0.2, 0.25) is 0 Å². The summed E-state index contributed by atoms with van der Waals surface area (Å²) in [5.74, 6) is 0. The lowest BCUT2D eigenvalue weighted by Crippen LogP contribution is -2.06. The van der Waals surface area contributed by atoms with Crippen molar-refractivity contribution >= 4 is 11.2 Å². The summed E-state index contributed by atoms with van der Waals surface area (Å²) in [6, 6.07) is 2.19. The molecule has 2 aromatic heterocycles. The highest BCUT2D eigenvalue weighted by molar-refractivity contribution is 5.73. The van der Waals surface area contributed by atoms with E-state index in [0.717, 1.165) is 16.9 Å². The third-order valence-corrected chi connectivity index (χ3v) is 3.47. The van der Waals surface area contributed by atoms with Crippen molar-refractivity contribution in [3.05, 3.63) is 23.7 Å². The van der Waals surface area contributed by atoms with Crippen LogP contribution in [0.2, 0.25) is 0 Å². The van der Waals surface area contributed by atoms with Gasteiger partial charge in [0.05, 0.1) is 5.69 Å². The number of hydrogen-bond acceptors (Lipinski definition) is 2. The molecule has 0 N–H and O–H groups in total. The van der Waals surface area contributed by atoms with Crippen molar-refractivity contribution in [3.63, 3.8) is 0 Å². The normalized spacial score (nSPS) is 16.5. The number of nitrogens with zero attached hydrogens (tertiary/aromatic N) is 3. The van der Waals surface area contributed by atoms with Crippen LogP contribution in [0.1, 0.15) is 45.0 Å². The standard InChI is InChI=1S/C12H15N3.C2H6/c1-8-7-13-9-6-10(12(2)4-5-12)15(3)11(9)14-8;1-2/h6-7H,4-5H2,1-3H3;1-2H3. The Bertz CT molecular complexity index is 536. The molecule has 92 valence electrons. The molecule has 1 aliphatic rings. The predicted molar refractivity (Wildman–Crippen MR) is 71.2 cm³/mol. The predicted octanol–water partition coefficient (Wildman–Crippen LogP) is 3.35. The molecule has 3 rings (SSSR count). The largest absolute Gasteiger partial charge is 0.331 e. The number of aromatic nitrogens is 3. The van der Waals surface area contributed by atoms with E-state index in [0.29, 0.717) is 5.41 Å². The van der Waals surface area contributed by atoms with Crippen LogP contribution in [-0.4, -0.2) is 14.5 Å². The summed E-state index contributed by atoms with van der Waals surface area (Å²) < 4.78 is 2.20. The fraction of sp³-hybridized carbons (Fsp3) is 0.571. The van der Waals surface area contributed by atoms with Gasteiger partial charge in [0.25, 0.3) is 0 Å². The maximum Gasteiger partial charge on any atom is 0.158 e. The quantitative estimate of drug-likeness (QED) is 0.753. The number of rotatable bonds is 1. The number of aryl methyl sites for hydroxylation is 2. The van der Waals surface area contributed by atoms with Gasteiger partial charge < -0.3 is 4.57 Å². The Balaban J connectivity index is 0.000000514. The fourth-order valence-electron chi connectivity index (χ4n) is 2.19. The van der Waals surface area contributed by atoms with Crippen LogP contribution < -0.4 is 0 Å². The summed E-state index contributed by atoms with van der Waals surface area (Å²) in [6.45, 7) is 8.30. The van der Waals surface area contributed by atoms with Crippen LogP contribution in [0.5, 0.6) is 0 Å². The molecule has 0 aliphatic heterocycles. The van der Waals surface area contributed by atoms with Crippen molar-refractivity contribution in [1.82, 2.24) is 14.5 Å². The molecule has 1 fully saturated rings. The van der Waals surface area contributed by atoms with E-state index in [2.05, 4.69) is 34.6 Å². The zero-order valence-electron chi connectivity index (χ0n) is 11.4. The molecule has 2 heterocycles. The minimum Gasteiger partial charge on any atom is -0.331 e. The molecule has 1 saturated carbocycles. The molecule has 3 heteroatoms. The maximum atomic E-state index is 4.54. The lowest BCUT2D eigenvalue weighted by molar-refractivity contribution is 0.696. The highest BCUT2D eigenvalue weighted by Crippen LogP contribution is 2.48. The van der Waals surface area contributed by atoms with E-state index in [4.69, 9.17) is 0 Å². The Hall–Kier alpha value is -1.38. The molecule has 0 atom stereocenters. The zero-order chi connectivity index (χ0) is 12.6. The van der Waals surface area contributed by atoms with E-state index < -0.39 is 0 Å². The molecule has 1 aliphatic carbocycles. The van der Waals surface area contributed by atoms with Crippen molar-refractivity contribution < 1.29 is 0 Å². The second-order valence-electron chi connectivity index (χ2n) is 4.87. The molecule has 2 aromatic rings. The smallest absolute Gasteiger partial charge is 0.158 e. The van der Waals surface area contributed by atoms with Gasteiger partial charge in [-0.1, -0.05) is 20.8 Å². The Labute approximate surface area is 103 Å². The third kappa shape index (κ3) is 1.94. The monoisotopic (exact) mass is 231 g/mol. The van der Waals surface area contributed by atoms with Crippen LogP contribution >= 0.6 is 0 Å². The van der Waals surface area contributed by atoms with Crippen molar-refractivity contribution in [3.8, 4) is 0 Å². The van der Waals surface area contributed by atoms with E-state index >= 15 is 0 Å². The average molecular weight is 231 g/mol. The lowest BCUT2D eigenvalue weighted by Gasteiger charge is -2.09. The van der Waals surface area contributed by atoms with Gasteiger partial charge in [-0.2, -0.15) is 0 Å². The van der Waals surface area contributed by atoms with E-state index in [1.165, 1.54) is 18.5 Å². The van der Waals surface area contributed by atoms with Gasteiger partial charge in [0, 0.05) is 24.4 Å². The second kappa shape index (κ2) is 4.13. The van der Waals surface area contributed by atoms with Crippen LogP contribution in [0.15, 0.2) is 12.3 Å². The number of hydrogen-bond donors (Lipinski definition) is 0.